The highest BCUT2D eigenvalue weighted by Gasteiger charge is 2.26. The number of aliphatic hydroxyl groups excluding tert-OH is 1. The van der Waals surface area contributed by atoms with Crippen LogP contribution < -0.4 is 10.2 Å². The van der Waals surface area contributed by atoms with Gasteiger partial charge in [-0.3, -0.25) is 0 Å². The van der Waals surface area contributed by atoms with Crippen molar-refractivity contribution in [3.63, 3.8) is 0 Å². The van der Waals surface area contributed by atoms with Gasteiger partial charge in [-0.1, -0.05) is 31.5 Å². The number of ether oxygens (including phenoxy) is 1. The number of anilines is 1. The molecule has 1 fully saturated rings. The summed E-state index contributed by atoms with van der Waals surface area (Å²) in [7, 11) is 0. The van der Waals surface area contributed by atoms with Crippen molar-refractivity contribution in [2.24, 2.45) is 0 Å². The molecule has 0 saturated carbocycles. The van der Waals surface area contributed by atoms with E-state index in [9.17, 15) is 5.11 Å². The van der Waals surface area contributed by atoms with Crippen LogP contribution in [0.15, 0.2) is 18.2 Å². The lowest BCUT2D eigenvalue weighted by Gasteiger charge is -2.39. The van der Waals surface area contributed by atoms with E-state index < -0.39 is 0 Å². The van der Waals surface area contributed by atoms with Crippen molar-refractivity contribution in [2.75, 3.05) is 24.7 Å². The smallest absolute Gasteiger partial charge is 0.0981 e. The van der Waals surface area contributed by atoms with Crippen molar-refractivity contribution in [1.29, 1.82) is 0 Å². The largest absolute Gasteiger partial charge is 0.394 e. The molecule has 1 saturated heterocycles. The third-order valence-electron chi connectivity index (χ3n) is 3.78. The Morgan fingerprint density at radius 2 is 2.24 bits per heavy atom. The predicted molar refractivity (Wildman–Crippen MR) is 87.1 cm³/mol. The van der Waals surface area contributed by atoms with Crippen LogP contribution in [-0.4, -0.2) is 43.1 Å². The average molecular weight is 313 g/mol. The van der Waals surface area contributed by atoms with Crippen molar-refractivity contribution < 1.29 is 9.84 Å². The quantitative estimate of drug-likeness (QED) is 0.876. The van der Waals surface area contributed by atoms with Crippen molar-refractivity contribution in [1.82, 2.24) is 5.32 Å². The first-order chi connectivity index (χ1) is 10.0. The molecule has 0 amide bonds. The highest BCUT2D eigenvalue weighted by atomic mass is 35.5. The minimum Gasteiger partial charge on any atom is -0.394 e. The molecule has 2 rings (SSSR count). The second kappa shape index (κ2) is 7.45. The summed E-state index contributed by atoms with van der Waals surface area (Å²) in [5.74, 6) is 0. The van der Waals surface area contributed by atoms with Crippen molar-refractivity contribution in [2.45, 2.75) is 45.5 Å². The Morgan fingerprint density at radius 1 is 1.48 bits per heavy atom. The molecule has 21 heavy (non-hydrogen) atoms. The zero-order valence-corrected chi connectivity index (χ0v) is 13.7. The van der Waals surface area contributed by atoms with Crippen LogP contribution in [0.4, 0.5) is 5.69 Å². The van der Waals surface area contributed by atoms with E-state index in [1.165, 1.54) is 0 Å². The molecule has 1 aliphatic rings. The van der Waals surface area contributed by atoms with E-state index in [0.29, 0.717) is 19.2 Å². The minimum atomic E-state index is -0.123. The first-order valence-corrected chi connectivity index (χ1v) is 7.90. The standard InChI is InChI=1S/C16H25ClN2O2/c1-11(2)18-7-13-4-5-14(6-16(13)17)19-8-15(9-20)21-10-12(19)3/h4-6,11-12,15,18,20H,7-10H2,1-3H3. The summed E-state index contributed by atoms with van der Waals surface area (Å²) >= 11 is 6.40. The second-order valence-corrected chi connectivity index (χ2v) is 6.36. The van der Waals surface area contributed by atoms with Gasteiger partial charge in [-0.2, -0.15) is 0 Å². The van der Waals surface area contributed by atoms with Gasteiger partial charge < -0.3 is 20.1 Å². The summed E-state index contributed by atoms with van der Waals surface area (Å²) in [5.41, 5.74) is 2.19. The SMILES string of the molecule is CC(C)NCc1ccc(N2CC(CO)OCC2C)cc1Cl. The van der Waals surface area contributed by atoms with Crippen LogP contribution in [0.2, 0.25) is 5.02 Å². The fourth-order valence-electron chi connectivity index (χ4n) is 2.46. The topological polar surface area (TPSA) is 44.7 Å². The van der Waals surface area contributed by atoms with Gasteiger partial charge in [0.25, 0.3) is 0 Å². The van der Waals surface area contributed by atoms with Crippen LogP contribution in [0.25, 0.3) is 0 Å². The maximum atomic E-state index is 9.28. The monoisotopic (exact) mass is 312 g/mol. The summed E-state index contributed by atoms with van der Waals surface area (Å²) < 4.78 is 5.58. The molecule has 1 aromatic rings. The van der Waals surface area contributed by atoms with E-state index in [-0.39, 0.29) is 18.8 Å². The molecule has 5 heteroatoms. The summed E-state index contributed by atoms with van der Waals surface area (Å²) in [6.07, 6.45) is -0.123. The third-order valence-corrected chi connectivity index (χ3v) is 4.13. The Hall–Kier alpha value is -0.810. The lowest BCUT2D eigenvalue weighted by Crippen LogP contribution is -2.49. The van der Waals surface area contributed by atoms with Crippen LogP contribution in [0.1, 0.15) is 26.3 Å². The molecule has 0 aromatic heterocycles. The van der Waals surface area contributed by atoms with Gasteiger partial charge in [-0.15, -0.1) is 0 Å². The number of nitrogens with zero attached hydrogens (tertiary/aromatic N) is 1. The highest BCUT2D eigenvalue weighted by molar-refractivity contribution is 6.31. The second-order valence-electron chi connectivity index (χ2n) is 5.95. The number of morpholine rings is 1. The van der Waals surface area contributed by atoms with Crippen LogP contribution in [0.5, 0.6) is 0 Å². The van der Waals surface area contributed by atoms with E-state index in [0.717, 1.165) is 22.8 Å². The molecular formula is C16H25ClN2O2. The number of nitrogens with one attached hydrogen (secondary N) is 1. The Balaban J connectivity index is 2.11. The fourth-order valence-corrected chi connectivity index (χ4v) is 2.70. The van der Waals surface area contributed by atoms with E-state index in [4.69, 9.17) is 16.3 Å². The number of halogens is 1. The molecule has 2 atom stereocenters. The molecule has 1 aliphatic heterocycles. The van der Waals surface area contributed by atoms with Crippen LogP contribution in [0.3, 0.4) is 0 Å². The Kier molecular flexibility index (Phi) is 5.88. The Labute approximate surface area is 132 Å². The van der Waals surface area contributed by atoms with Gasteiger partial charge in [0.15, 0.2) is 0 Å². The number of aliphatic hydroxyl groups is 1. The number of benzene rings is 1. The van der Waals surface area contributed by atoms with Crippen LogP contribution >= 0.6 is 11.6 Å². The molecule has 118 valence electrons. The Morgan fingerprint density at radius 3 is 2.86 bits per heavy atom. The zero-order valence-electron chi connectivity index (χ0n) is 13.0. The van der Waals surface area contributed by atoms with Gasteiger partial charge in [0.2, 0.25) is 0 Å². The molecule has 2 N–H and O–H groups in total. The van der Waals surface area contributed by atoms with E-state index in [1.807, 2.05) is 6.07 Å². The lowest BCUT2D eigenvalue weighted by molar-refractivity contribution is -0.0103. The summed E-state index contributed by atoms with van der Waals surface area (Å²) in [6.45, 7) is 8.49. The predicted octanol–water partition coefficient (Wildman–Crippen LogP) is 2.42. The molecule has 2 unspecified atom stereocenters. The van der Waals surface area contributed by atoms with Crippen LogP contribution in [-0.2, 0) is 11.3 Å². The van der Waals surface area contributed by atoms with E-state index in [2.05, 4.69) is 43.1 Å². The number of rotatable bonds is 5. The number of hydrogen-bond donors (Lipinski definition) is 2. The zero-order chi connectivity index (χ0) is 15.4. The van der Waals surface area contributed by atoms with Crippen molar-refractivity contribution in [3.8, 4) is 0 Å². The average Bonchev–Trinajstić information content (AvgIpc) is 2.46. The normalized spacial score (nSPS) is 22.9. The molecule has 4 nitrogen and oxygen atoms in total. The van der Waals surface area contributed by atoms with Gasteiger partial charge in [0.05, 0.1) is 19.3 Å². The number of hydrogen-bond acceptors (Lipinski definition) is 4. The molecule has 0 bridgehead atoms. The van der Waals surface area contributed by atoms with E-state index >= 15 is 0 Å². The van der Waals surface area contributed by atoms with Gasteiger partial charge >= 0.3 is 0 Å². The first-order valence-electron chi connectivity index (χ1n) is 7.52. The molecule has 1 heterocycles. The third kappa shape index (κ3) is 4.33. The maximum Gasteiger partial charge on any atom is 0.0981 e. The Bertz CT molecular complexity index is 468. The van der Waals surface area contributed by atoms with Gasteiger partial charge in [0, 0.05) is 35.9 Å². The molecule has 0 spiro atoms. The van der Waals surface area contributed by atoms with Gasteiger partial charge in [-0.05, 0) is 24.6 Å². The van der Waals surface area contributed by atoms with Gasteiger partial charge in [-0.25, -0.2) is 0 Å². The maximum absolute atomic E-state index is 9.28. The highest BCUT2D eigenvalue weighted by Crippen LogP contribution is 2.27. The fraction of sp³-hybridized carbons (Fsp3) is 0.625. The molecule has 0 radical (unpaired) electrons. The summed E-state index contributed by atoms with van der Waals surface area (Å²) in [6, 6.07) is 6.89. The summed E-state index contributed by atoms with van der Waals surface area (Å²) in [4.78, 5) is 2.25. The van der Waals surface area contributed by atoms with Crippen molar-refractivity contribution in [3.05, 3.63) is 28.8 Å². The van der Waals surface area contributed by atoms with Crippen molar-refractivity contribution >= 4 is 17.3 Å². The van der Waals surface area contributed by atoms with Crippen LogP contribution in [0, 0.1) is 0 Å². The molecule has 1 aromatic carbocycles. The first kappa shape index (κ1) is 16.6. The van der Waals surface area contributed by atoms with E-state index in [1.54, 1.807) is 0 Å². The molecular weight excluding hydrogens is 288 g/mol. The summed E-state index contributed by atoms with van der Waals surface area (Å²) in [5, 5.41) is 13.4. The minimum absolute atomic E-state index is 0.0490. The molecule has 0 aliphatic carbocycles. The van der Waals surface area contributed by atoms with Gasteiger partial charge in [0.1, 0.15) is 0 Å². The lowest BCUT2D eigenvalue weighted by atomic mass is 10.1.